The summed E-state index contributed by atoms with van der Waals surface area (Å²) in [5.41, 5.74) is 5.87. The maximum absolute atomic E-state index is 11.1. The molecule has 0 unspecified atom stereocenters. The molecule has 2 aliphatic heterocycles. The number of rotatable bonds is 2. The minimum absolute atomic E-state index is 0.00471. The van der Waals surface area contributed by atoms with E-state index < -0.39 is 0 Å². The van der Waals surface area contributed by atoms with E-state index in [1.165, 1.54) is 24.3 Å². The fraction of sp³-hybridized carbons (Fsp3) is 0.429. The lowest BCUT2D eigenvalue weighted by Gasteiger charge is -2.27. The highest BCUT2D eigenvalue weighted by molar-refractivity contribution is 8.00. The van der Waals surface area contributed by atoms with Crippen LogP contribution in [0.3, 0.4) is 0 Å². The number of carbonyl (C=O) groups excluding carboxylic acids is 1. The molecule has 1 aromatic carbocycles. The Kier molecular flexibility index (Phi) is 3.73. The number of hydrazone groups is 1. The van der Waals surface area contributed by atoms with Crippen molar-refractivity contribution in [1.29, 1.82) is 0 Å². The summed E-state index contributed by atoms with van der Waals surface area (Å²) < 4.78 is 2.36. The van der Waals surface area contributed by atoms with Crippen molar-refractivity contribution in [3.8, 4) is 0 Å². The smallest absolute Gasteiger partial charge is 0.240 e. The first-order valence-electron chi connectivity index (χ1n) is 6.69. The van der Waals surface area contributed by atoms with Crippen molar-refractivity contribution in [3.05, 3.63) is 29.8 Å². The number of amides is 1. The summed E-state index contributed by atoms with van der Waals surface area (Å²) in [5.74, 6) is 1.21. The summed E-state index contributed by atoms with van der Waals surface area (Å²) in [6, 6.07) is 8.49. The minimum Gasteiger partial charge on any atom is -0.316 e. The fourth-order valence-corrected chi connectivity index (χ4v) is 3.39. The molecule has 1 amide bonds. The molecule has 0 bridgehead atoms. The molecular weight excluding hydrogens is 258 g/mol. The van der Waals surface area contributed by atoms with Crippen LogP contribution in [-0.4, -0.2) is 23.9 Å². The van der Waals surface area contributed by atoms with Crippen LogP contribution in [-0.2, 0) is 4.79 Å². The van der Waals surface area contributed by atoms with E-state index in [4.69, 9.17) is 0 Å². The van der Waals surface area contributed by atoms with Crippen molar-refractivity contribution >= 4 is 29.3 Å². The zero-order chi connectivity index (χ0) is 13.1. The first kappa shape index (κ1) is 12.5. The first-order chi connectivity index (χ1) is 9.33. The van der Waals surface area contributed by atoms with Crippen molar-refractivity contribution < 1.29 is 4.79 Å². The molecule has 0 spiro atoms. The minimum atomic E-state index is 0.00471. The summed E-state index contributed by atoms with van der Waals surface area (Å²) in [6.45, 7) is 1.13. The third kappa shape index (κ3) is 2.92. The van der Waals surface area contributed by atoms with E-state index >= 15 is 0 Å². The zero-order valence-corrected chi connectivity index (χ0v) is 11.6. The molecule has 2 heterocycles. The van der Waals surface area contributed by atoms with E-state index in [1.54, 1.807) is 0 Å². The van der Waals surface area contributed by atoms with Crippen LogP contribution in [0.5, 0.6) is 0 Å². The zero-order valence-electron chi connectivity index (χ0n) is 10.8. The van der Waals surface area contributed by atoms with Crippen molar-refractivity contribution in [1.82, 2.24) is 5.43 Å². The number of carbonyl (C=O) groups is 1. The quantitative estimate of drug-likeness (QED) is 0.844. The number of nitrogens with zero attached hydrogens (tertiary/aromatic N) is 2. The third-order valence-corrected chi connectivity index (χ3v) is 4.57. The summed E-state index contributed by atoms with van der Waals surface area (Å²) >= 11 is 1.90. The second-order valence-electron chi connectivity index (χ2n) is 4.78. The molecule has 100 valence electrons. The van der Waals surface area contributed by atoms with Crippen LogP contribution in [0.4, 0.5) is 5.69 Å². The van der Waals surface area contributed by atoms with E-state index in [0.29, 0.717) is 6.42 Å². The Labute approximate surface area is 117 Å². The van der Waals surface area contributed by atoms with E-state index in [2.05, 4.69) is 39.1 Å². The number of benzene rings is 1. The fourth-order valence-electron chi connectivity index (χ4n) is 2.30. The van der Waals surface area contributed by atoms with Gasteiger partial charge in [-0.25, -0.2) is 5.43 Å². The van der Waals surface area contributed by atoms with Crippen LogP contribution < -0.4 is 9.73 Å². The highest BCUT2D eigenvalue weighted by Gasteiger charge is 2.15. The highest BCUT2D eigenvalue weighted by Crippen LogP contribution is 2.28. The van der Waals surface area contributed by atoms with Crippen molar-refractivity contribution in [2.75, 3.05) is 16.6 Å². The number of anilines is 1. The largest absolute Gasteiger partial charge is 0.316 e. The molecule has 2 aliphatic rings. The van der Waals surface area contributed by atoms with Crippen molar-refractivity contribution in [2.45, 2.75) is 25.7 Å². The number of nitrogens with one attached hydrogen (secondary N) is 1. The summed E-state index contributed by atoms with van der Waals surface area (Å²) in [6.07, 6.45) is 3.84. The van der Waals surface area contributed by atoms with Crippen molar-refractivity contribution in [3.63, 3.8) is 0 Å². The Morgan fingerprint density at radius 3 is 2.63 bits per heavy atom. The SMILES string of the molecule is O=C1CCC(c2ccc(N3CCCCS3)cc2)=NN1. The van der Waals surface area contributed by atoms with Gasteiger partial charge >= 0.3 is 0 Å². The van der Waals surface area contributed by atoms with Crippen LogP contribution in [0.25, 0.3) is 0 Å². The lowest BCUT2D eigenvalue weighted by molar-refractivity contribution is -0.121. The van der Waals surface area contributed by atoms with Gasteiger partial charge in [0.1, 0.15) is 0 Å². The summed E-state index contributed by atoms with van der Waals surface area (Å²) in [5, 5.41) is 4.12. The predicted molar refractivity (Wildman–Crippen MR) is 79.4 cm³/mol. The van der Waals surface area contributed by atoms with Gasteiger partial charge in [0.2, 0.25) is 5.91 Å². The maximum atomic E-state index is 11.1. The predicted octanol–water partition coefficient (Wildman–Crippen LogP) is 2.55. The molecule has 0 saturated carbocycles. The van der Waals surface area contributed by atoms with E-state index in [-0.39, 0.29) is 5.91 Å². The molecule has 5 heteroatoms. The Bertz CT molecular complexity index is 492. The van der Waals surface area contributed by atoms with E-state index in [1.807, 2.05) is 11.9 Å². The lowest BCUT2D eigenvalue weighted by Crippen LogP contribution is -2.26. The second-order valence-corrected chi connectivity index (χ2v) is 5.89. The molecular formula is C14H17N3OS. The average molecular weight is 275 g/mol. The van der Waals surface area contributed by atoms with Gasteiger partial charge in [0.15, 0.2) is 0 Å². The summed E-state index contributed by atoms with van der Waals surface area (Å²) in [4.78, 5) is 11.1. The molecule has 1 saturated heterocycles. The van der Waals surface area contributed by atoms with Gasteiger partial charge in [0.25, 0.3) is 0 Å². The maximum Gasteiger partial charge on any atom is 0.240 e. The molecule has 1 N–H and O–H groups in total. The molecule has 0 aliphatic carbocycles. The van der Waals surface area contributed by atoms with Gasteiger partial charge in [0.05, 0.1) is 5.71 Å². The van der Waals surface area contributed by atoms with Crippen molar-refractivity contribution in [2.24, 2.45) is 5.10 Å². The number of hydrogen-bond acceptors (Lipinski definition) is 4. The van der Waals surface area contributed by atoms with Gasteiger partial charge in [-0.2, -0.15) is 5.10 Å². The number of hydrogen-bond donors (Lipinski definition) is 1. The summed E-state index contributed by atoms with van der Waals surface area (Å²) in [7, 11) is 0. The lowest BCUT2D eigenvalue weighted by atomic mass is 10.0. The molecule has 0 radical (unpaired) electrons. The van der Waals surface area contributed by atoms with Crippen LogP contribution in [0.2, 0.25) is 0 Å². The Morgan fingerprint density at radius 1 is 1.16 bits per heavy atom. The highest BCUT2D eigenvalue weighted by atomic mass is 32.2. The van der Waals surface area contributed by atoms with Gasteiger partial charge in [-0.3, -0.25) is 4.79 Å². The molecule has 1 fully saturated rings. The van der Waals surface area contributed by atoms with Gasteiger partial charge in [0, 0.05) is 30.8 Å². The van der Waals surface area contributed by atoms with Crippen LogP contribution in [0, 0.1) is 0 Å². The van der Waals surface area contributed by atoms with E-state index in [0.717, 1.165) is 24.2 Å². The topological polar surface area (TPSA) is 44.7 Å². The van der Waals surface area contributed by atoms with Crippen LogP contribution in [0.1, 0.15) is 31.2 Å². The molecule has 3 rings (SSSR count). The first-order valence-corrected chi connectivity index (χ1v) is 7.63. The molecule has 19 heavy (non-hydrogen) atoms. The Morgan fingerprint density at radius 2 is 2.00 bits per heavy atom. The average Bonchev–Trinajstić information content (AvgIpc) is 2.49. The van der Waals surface area contributed by atoms with Gasteiger partial charge in [-0.1, -0.05) is 12.1 Å². The van der Waals surface area contributed by atoms with Gasteiger partial charge < -0.3 is 4.31 Å². The molecule has 0 aromatic heterocycles. The molecule has 0 atom stereocenters. The van der Waals surface area contributed by atoms with E-state index in [9.17, 15) is 4.79 Å². The van der Waals surface area contributed by atoms with Crippen LogP contribution >= 0.6 is 11.9 Å². The molecule has 1 aromatic rings. The van der Waals surface area contributed by atoms with Gasteiger partial charge in [-0.05, 0) is 42.5 Å². The third-order valence-electron chi connectivity index (χ3n) is 3.40. The Balaban J connectivity index is 1.73. The van der Waals surface area contributed by atoms with Gasteiger partial charge in [-0.15, -0.1) is 0 Å². The molecule has 4 nitrogen and oxygen atoms in total. The standard InChI is InChI=1S/C14H17N3OS/c18-14-8-7-13(15-16-14)11-3-5-12(6-4-11)17-9-1-2-10-19-17/h3-6H,1-2,7-10H2,(H,16,18). The Hall–Kier alpha value is -1.49. The van der Waals surface area contributed by atoms with Crippen LogP contribution in [0.15, 0.2) is 29.4 Å². The normalized spacial score (nSPS) is 19.9. The monoisotopic (exact) mass is 275 g/mol. The second kappa shape index (κ2) is 5.65.